The van der Waals surface area contributed by atoms with Crippen LogP contribution in [0.2, 0.25) is 4.34 Å². The smallest absolute Gasteiger partial charge is 0.271 e. The average Bonchev–Trinajstić information content (AvgIpc) is 2.94. The number of aromatic nitrogens is 2. The Labute approximate surface area is 147 Å². The van der Waals surface area contributed by atoms with Gasteiger partial charge in [0, 0.05) is 23.0 Å². The molecular formula is C15H12ClN3O3S2. The minimum atomic E-state index is -3.72. The molecule has 9 heteroatoms. The summed E-state index contributed by atoms with van der Waals surface area (Å²) in [6.45, 7) is 1.71. The van der Waals surface area contributed by atoms with Crippen LogP contribution < -0.4 is 10.3 Å². The molecule has 0 aliphatic heterocycles. The van der Waals surface area contributed by atoms with Gasteiger partial charge in [0.2, 0.25) is 0 Å². The van der Waals surface area contributed by atoms with Crippen molar-refractivity contribution in [1.82, 2.24) is 9.97 Å². The molecule has 124 valence electrons. The predicted octanol–water partition coefficient (Wildman–Crippen LogP) is 3.26. The molecule has 0 aliphatic carbocycles. The van der Waals surface area contributed by atoms with Crippen molar-refractivity contribution in [2.45, 2.75) is 11.1 Å². The van der Waals surface area contributed by atoms with Crippen LogP contribution in [0.4, 0.5) is 5.69 Å². The molecule has 0 unspecified atom stereocenters. The molecule has 0 spiro atoms. The maximum Gasteiger partial charge on any atom is 0.271 e. The van der Waals surface area contributed by atoms with Gasteiger partial charge in [0.05, 0.1) is 4.34 Å². The van der Waals surface area contributed by atoms with Crippen LogP contribution >= 0.6 is 22.9 Å². The van der Waals surface area contributed by atoms with E-state index in [2.05, 4.69) is 14.7 Å². The van der Waals surface area contributed by atoms with Gasteiger partial charge in [-0.15, -0.1) is 11.3 Å². The monoisotopic (exact) mass is 381 g/mol. The Kier molecular flexibility index (Phi) is 4.44. The molecule has 1 aromatic carbocycles. The Balaban J connectivity index is 1.95. The van der Waals surface area contributed by atoms with Crippen LogP contribution in [-0.2, 0) is 10.0 Å². The van der Waals surface area contributed by atoms with E-state index < -0.39 is 10.0 Å². The van der Waals surface area contributed by atoms with Crippen LogP contribution in [0.1, 0.15) is 5.69 Å². The van der Waals surface area contributed by atoms with E-state index in [1.807, 2.05) is 0 Å². The number of nitrogens with zero attached hydrogens (tertiary/aromatic N) is 1. The molecule has 0 atom stereocenters. The highest BCUT2D eigenvalue weighted by atomic mass is 35.5. The van der Waals surface area contributed by atoms with Crippen molar-refractivity contribution in [2.75, 3.05) is 4.72 Å². The van der Waals surface area contributed by atoms with Crippen LogP contribution in [0.15, 0.2) is 51.5 Å². The van der Waals surface area contributed by atoms with Crippen LogP contribution in [0.5, 0.6) is 0 Å². The number of H-pyrrole nitrogens is 1. The number of nitrogens with one attached hydrogen (secondary N) is 2. The van der Waals surface area contributed by atoms with Gasteiger partial charge in [0.1, 0.15) is 10.0 Å². The van der Waals surface area contributed by atoms with E-state index >= 15 is 0 Å². The summed E-state index contributed by atoms with van der Waals surface area (Å²) in [4.78, 5) is 18.5. The van der Waals surface area contributed by atoms with Gasteiger partial charge in [-0.1, -0.05) is 23.7 Å². The third-order valence-electron chi connectivity index (χ3n) is 3.07. The third kappa shape index (κ3) is 3.66. The highest BCUT2D eigenvalue weighted by Gasteiger charge is 2.17. The Morgan fingerprint density at radius 1 is 1.21 bits per heavy atom. The lowest BCUT2D eigenvalue weighted by molar-refractivity contribution is 0.603. The van der Waals surface area contributed by atoms with E-state index in [1.165, 1.54) is 18.2 Å². The highest BCUT2D eigenvalue weighted by Crippen LogP contribution is 2.28. The first-order valence-corrected chi connectivity index (χ1v) is 9.48. The van der Waals surface area contributed by atoms with Gasteiger partial charge >= 0.3 is 0 Å². The normalized spacial score (nSPS) is 11.4. The van der Waals surface area contributed by atoms with E-state index in [0.717, 1.165) is 11.3 Å². The number of hydrogen-bond donors (Lipinski definition) is 2. The second-order valence-corrected chi connectivity index (χ2v) is 8.60. The molecule has 0 bridgehead atoms. The van der Waals surface area contributed by atoms with Crippen molar-refractivity contribution >= 4 is 38.6 Å². The number of halogens is 1. The topological polar surface area (TPSA) is 91.9 Å². The summed E-state index contributed by atoms with van der Waals surface area (Å²) in [7, 11) is -3.72. The zero-order valence-electron chi connectivity index (χ0n) is 12.4. The molecule has 3 rings (SSSR count). The minimum absolute atomic E-state index is 0.125. The van der Waals surface area contributed by atoms with Crippen LogP contribution in [0, 0.1) is 6.92 Å². The van der Waals surface area contributed by atoms with Gasteiger partial charge < -0.3 is 4.98 Å². The maximum absolute atomic E-state index is 12.3. The standard InChI is InChI=1S/C15H12ClN3O3S2/c1-9-7-13(20)18-15(17-9)10-3-2-4-11(8-10)19-24(21,22)14-6-5-12(16)23-14/h2-8,19H,1H3,(H,17,18,20). The van der Waals surface area contributed by atoms with Crippen LogP contribution in [0.25, 0.3) is 11.4 Å². The van der Waals surface area contributed by atoms with Gasteiger partial charge in [0.15, 0.2) is 0 Å². The number of aromatic amines is 1. The maximum atomic E-state index is 12.3. The SMILES string of the molecule is Cc1cc(=O)[nH]c(-c2cccc(NS(=O)(=O)c3ccc(Cl)s3)c2)n1. The number of anilines is 1. The van der Waals surface area contributed by atoms with Gasteiger partial charge in [-0.05, 0) is 31.2 Å². The van der Waals surface area contributed by atoms with E-state index in [4.69, 9.17) is 11.6 Å². The Morgan fingerprint density at radius 2 is 2.00 bits per heavy atom. The van der Waals surface area contributed by atoms with E-state index in [-0.39, 0.29) is 9.77 Å². The summed E-state index contributed by atoms with van der Waals surface area (Å²) in [5.41, 5.74) is 1.27. The number of hydrogen-bond acceptors (Lipinski definition) is 5. The molecule has 2 heterocycles. The molecule has 2 aromatic heterocycles. The predicted molar refractivity (Wildman–Crippen MR) is 95.2 cm³/mol. The summed E-state index contributed by atoms with van der Waals surface area (Å²) in [6, 6.07) is 11.0. The minimum Gasteiger partial charge on any atom is -0.307 e. The number of sulfonamides is 1. The second-order valence-electron chi connectivity index (χ2n) is 4.98. The molecular weight excluding hydrogens is 370 g/mol. The fourth-order valence-corrected chi connectivity index (χ4v) is 4.63. The number of aryl methyl sites for hydroxylation is 1. The molecule has 24 heavy (non-hydrogen) atoms. The molecule has 2 N–H and O–H groups in total. The van der Waals surface area contributed by atoms with Crippen LogP contribution in [0.3, 0.4) is 0 Å². The molecule has 6 nitrogen and oxygen atoms in total. The van der Waals surface area contributed by atoms with Crippen molar-refractivity contribution in [3.63, 3.8) is 0 Å². The van der Waals surface area contributed by atoms with E-state index in [9.17, 15) is 13.2 Å². The first-order chi connectivity index (χ1) is 11.3. The molecule has 3 aromatic rings. The van der Waals surface area contributed by atoms with Crippen molar-refractivity contribution in [3.8, 4) is 11.4 Å². The summed E-state index contributed by atoms with van der Waals surface area (Å²) >= 11 is 6.76. The van der Waals surface area contributed by atoms with Crippen LogP contribution in [-0.4, -0.2) is 18.4 Å². The lowest BCUT2D eigenvalue weighted by Gasteiger charge is -2.08. The molecule has 0 radical (unpaired) electrons. The molecule has 0 saturated carbocycles. The Bertz CT molecular complexity index is 1060. The van der Waals surface area contributed by atoms with Crippen molar-refractivity contribution in [3.05, 3.63) is 62.8 Å². The second kappa shape index (κ2) is 6.39. The fraction of sp³-hybridized carbons (Fsp3) is 0.0667. The summed E-state index contributed by atoms with van der Waals surface area (Å²) < 4.78 is 27.7. The molecule has 0 saturated heterocycles. The average molecular weight is 382 g/mol. The highest BCUT2D eigenvalue weighted by molar-refractivity contribution is 7.94. The van der Waals surface area contributed by atoms with Gasteiger partial charge in [-0.3, -0.25) is 9.52 Å². The largest absolute Gasteiger partial charge is 0.307 e. The quantitative estimate of drug-likeness (QED) is 0.725. The molecule has 0 amide bonds. The van der Waals surface area contributed by atoms with Crippen molar-refractivity contribution < 1.29 is 8.42 Å². The van der Waals surface area contributed by atoms with Gasteiger partial charge in [-0.2, -0.15) is 0 Å². The Hall–Kier alpha value is -2.16. The van der Waals surface area contributed by atoms with Gasteiger partial charge in [0.25, 0.3) is 15.6 Å². The first kappa shape index (κ1) is 16.7. The lowest BCUT2D eigenvalue weighted by atomic mass is 10.2. The first-order valence-electron chi connectivity index (χ1n) is 6.80. The number of thiophene rings is 1. The van der Waals surface area contributed by atoms with Gasteiger partial charge in [-0.25, -0.2) is 13.4 Å². The molecule has 0 aliphatic rings. The third-order valence-corrected chi connectivity index (χ3v) is 6.18. The van der Waals surface area contributed by atoms with E-state index in [1.54, 1.807) is 31.2 Å². The number of rotatable bonds is 4. The Morgan fingerprint density at radius 3 is 2.67 bits per heavy atom. The fourth-order valence-electron chi connectivity index (χ4n) is 2.09. The summed E-state index contributed by atoms with van der Waals surface area (Å²) in [6.07, 6.45) is 0. The zero-order chi connectivity index (χ0) is 17.3. The van der Waals surface area contributed by atoms with E-state index in [0.29, 0.717) is 27.1 Å². The summed E-state index contributed by atoms with van der Waals surface area (Å²) in [5, 5.41) is 0. The number of benzene rings is 1. The zero-order valence-corrected chi connectivity index (χ0v) is 14.8. The van der Waals surface area contributed by atoms with Crippen molar-refractivity contribution in [1.29, 1.82) is 0 Å². The molecule has 0 fully saturated rings. The van der Waals surface area contributed by atoms with Crippen molar-refractivity contribution in [2.24, 2.45) is 0 Å². The summed E-state index contributed by atoms with van der Waals surface area (Å²) in [5.74, 6) is 0.375. The lowest BCUT2D eigenvalue weighted by Crippen LogP contribution is -2.12.